The predicted molar refractivity (Wildman–Crippen MR) is 142 cm³/mol. The number of ether oxygens (including phenoxy) is 3. The number of rotatable bonds is 7. The van der Waals surface area contributed by atoms with Crippen LogP contribution in [0.3, 0.4) is 0 Å². The Morgan fingerprint density at radius 2 is 1.36 bits per heavy atom. The first-order valence-electron chi connectivity index (χ1n) is 11.9. The van der Waals surface area contributed by atoms with Gasteiger partial charge >= 0.3 is 0 Å². The minimum atomic E-state index is -0.0538. The van der Waals surface area contributed by atoms with Crippen molar-refractivity contribution in [1.82, 2.24) is 4.98 Å². The van der Waals surface area contributed by atoms with E-state index >= 15 is 0 Å². The summed E-state index contributed by atoms with van der Waals surface area (Å²) < 4.78 is 16.7. The molecule has 1 fully saturated rings. The Morgan fingerprint density at radius 3 is 2.06 bits per heavy atom. The highest BCUT2D eigenvalue weighted by Crippen LogP contribution is 2.39. The lowest BCUT2D eigenvalue weighted by Crippen LogP contribution is -2.47. The molecule has 1 saturated heterocycles. The third-order valence-electron chi connectivity index (χ3n) is 6.65. The summed E-state index contributed by atoms with van der Waals surface area (Å²) in [6, 6.07) is 21.2. The smallest absolute Gasteiger partial charge is 0.196 e. The zero-order chi connectivity index (χ0) is 25.1. The summed E-state index contributed by atoms with van der Waals surface area (Å²) in [5, 5.41) is 0.861. The Labute approximate surface area is 210 Å². The first-order valence-corrected chi connectivity index (χ1v) is 11.9. The van der Waals surface area contributed by atoms with Crippen molar-refractivity contribution in [3.05, 3.63) is 84.1 Å². The molecule has 184 valence electrons. The number of hydrogen-bond acceptors (Lipinski definition) is 7. The quantitative estimate of drug-likeness (QED) is 0.349. The molecule has 5 rings (SSSR count). The number of carbonyl (C=O) groups excluding carboxylic acids is 1. The van der Waals surface area contributed by atoms with Crippen molar-refractivity contribution in [3.8, 4) is 17.2 Å². The van der Waals surface area contributed by atoms with E-state index in [1.165, 1.54) is 0 Å². The first kappa shape index (κ1) is 23.5. The van der Waals surface area contributed by atoms with Crippen LogP contribution in [0.15, 0.2) is 72.9 Å². The second kappa shape index (κ2) is 10.2. The molecule has 2 heterocycles. The molecule has 3 aromatic carbocycles. The van der Waals surface area contributed by atoms with Crippen molar-refractivity contribution in [2.45, 2.75) is 0 Å². The molecule has 1 aliphatic heterocycles. The van der Waals surface area contributed by atoms with E-state index in [-0.39, 0.29) is 5.78 Å². The Morgan fingerprint density at radius 1 is 0.750 bits per heavy atom. The van der Waals surface area contributed by atoms with Crippen molar-refractivity contribution in [3.63, 3.8) is 0 Å². The van der Waals surface area contributed by atoms with Crippen molar-refractivity contribution in [2.75, 3.05) is 57.3 Å². The largest absolute Gasteiger partial charge is 0.495 e. The normalized spacial score (nSPS) is 13.5. The molecule has 1 aromatic heterocycles. The van der Waals surface area contributed by atoms with Crippen LogP contribution in [0.2, 0.25) is 0 Å². The van der Waals surface area contributed by atoms with E-state index < -0.39 is 0 Å². The number of benzene rings is 3. The zero-order valence-electron chi connectivity index (χ0n) is 20.7. The van der Waals surface area contributed by atoms with Gasteiger partial charge in [-0.15, -0.1) is 0 Å². The molecule has 0 amide bonds. The number of methoxy groups -OCH3 is 3. The molecule has 7 nitrogen and oxygen atoms in total. The van der Waals surface area contributed by atoms with E-state index in [2.05, 4.69) is 20.9 Å². The van der Waals surface area contributed by atoms with Crippen LogP contribution in [0, 0.1) is 0 Å². The van der Waals surface area contributed by atoms with Gasteiger partial charge in [-0.25, -0.2) is 0 Å². The molecule has 0 radical (unpaired) electrons. The molecular weight excluding hydrogens is 454 g/mol. The third kappa shape index (κ3) is 4.28. The predicted octanol–water partition coefficient (Wildman–Crippen LogP) is 4.82. The number of pyridine rings is 1. The summed E-state index contributed by atoms with van der Waals surface area (Å²) in [5.74, 6) is 2.01. The summed E-state index contributed by atoms with van der Waals surface area (Å²) in [5.41, 5.74) is 3.90. The van der Waals surface area contributed by atoms with E-state index in [9.17, 15) is 4.79 Å². The minimum absolute atomic E-state index is 0.0538. The number of carbonyl (C=O) groups is 1. The van der Waals surface area contributed by atoms with Crippen LogP contribution in [-0.4, -0.2) is 58.3 Å². The van der Waals surface area contributed by atoms with Crippen LogP contribution in [0.5, 0.6) is 17.2 Å². The molecule has 0 saturated carbocycles. The SMILES string of the molecule is COc1cc2ncc(C(=O)c3ccccc3)c(N3CCN(c4ccccc4OC)CC3)c2cc1OC. The van der Waals surface area contributed by atoms with Gasteiger partial charge in [0.2, 0.25) is 0 Å². The number of para-hydroxylation sites is 2. The van der Waals surface area contributed by atoms with Crippen LogP contribution in [0.25, 0.3) is 10.9 Å². The molecule has 0 atom stereocenters. The fraction of sp³-hybridized carbons (Fsp3) is 0.241. The summed E-state index contributed by atoms with van der Waals surface area (Å²) in [7, 11) is 4.91. The second-order valence-corrected chi connectivity index (χ2v) is 8.59. The van der Waals surface area contributed by atoms with Gasteiger partial charge < -0.3 is 24.0 Å². The third-order valence-corrected chi connectivity index (χ3v) is 6.65. The lowest BCUT2D eigenvalue weighted by atomic mass is 9.99. The van der Waals surface area contributed by atoms with Crippen molar-refractivity contribution >= 4 is 28.1 Å². The maximum absolute atomic E-state index is 13.7. The highest BCUT2D eigenvalue weighted by Gasteiger charge is 2.27. The fourth-order valence-corrected chi connectivity index (χ4v) is 4.82. The van der Waals surface area contributed by atoms with Crippen molar-refractivity contribution in [1.29, 1.82) is 0 Å². The number of hydrogen-bond donors (Lipinski definition) is 0. The van der Waals surface area contributed by atoms with Crippen LogP contribution in [0.1, 0.15) is 15.9 Å². The highest BCUT2D eigenvalue weighted by molar-refractivity contribution is 6.16. The molecule has 36 heavy (non-hydrogen) atoms. The van der Waals surface area contributed by atoms with Crippen LogP contribution < -0.4 is 24.0 Å². The van der Waals surface area contributed by atoms with Crippen LogP contribution in [0.4, 0.5) is 11.4 Å². The van der Waals surface area contributed by atoms with E-state index in [0.29, 0.717) is 22.6 Å². The number of ketones is 1. The average Bonchev–Trinajstić information content (AvgIpc) is 2.95. The molecule has 0 spiro atoms. The molecule has 0 bridgehead atoms. The molecule has 7 heteroatoms. The van der Waals surface area contributed by atoms with Crippen LogP contribution in [-0.2, 0) is 0 Å². The summed E-state index contributed by atoms with van der Waals surface area (Å²) in [6.45, 7) is 3.05. The van der Waals surface area contributed by atoms with Gasteiger partial charge in [-0.3, -0.25) is 9.78 Å². The van der Waals surface area contributed by atoms with E-state index in [1.807, 2.05) is 60.7 Å². The minimum Gasteiger partial charge on any atom is -0.495 e. The average molecular weight is 484 g/mol. The lowest BCUT2D eigenvalue weighted by molar-refractivity contribution is 0.103. The van der Waals surface area contributed by atoms with Gasteiger partial charge in [-0.05, 0) is 18.2 Å². The molecule has 0 N–H and O–H groups in total. The molecular formula is C29H29N3O4. The van der Waals surface area contributed by atoms with Gasteiger partial charge in [-0.1, -0.05) is 42.5 Å². The fourth-order valence-electron chi connectivity index (χ4n) is 4.82. The Hall–Kier alpha value is -4.26. The molecule has 0 aliphatic carbocycles. The second-order valence-electron chi connectivity index (χ2n) is 8.59. The van der Waals surface area contributed by atoms with Crippen molar-refractivity contribution in [2.24, 2.45) is 0 Å². The maximum Gasteiger partial charge on any atom is 0.196 e. The van der Waals surface area contributed by atoms with Gasteiger partial charge in [0.25, 0.3) is 0 Å². The summed E-state index contributed by atoms with van der Waals surface area (Å²) >= 11 is 0. The van der Waals surface area contributed by atoms with Crippen molar-refractivity contribution < 1.29 is 19.0 Å². The molecule has 1 aliphatic rings. The van der Waals surface area contributed by atoms with E-state index in [0.717, 1.165) is 54.2 Å². The molecule has 4 aromatic rings. The summed E-state index contributed by atoms with van der Waals surface area (Å²) in [6.07, 6.45) is 1.69. The lowest BCUT2D eigenvalue weighted by Gasteiger charge is -2.38. The Balaban J connectivity index is 1.57. The first-order chi connectivity index (χ1) is 17.6. The highest BCUT2D eigenvalue weighted by atomic mass is 16.5. The maximum atomic E-state index is 13.7. The van der Waals surface area contributed by atoms with Gasteiger partial charge in [0, 0.05) is 49.4 Å². The number of nitrogens with zero attached hydrogens (tertiary/aromatic N) is 3. The van der Waals surface area contributed by atoms with Gasteiger partial charge in [0.1, 0.15) is 5.75 Å². The molecule has 0 unspecified atom stereocenters. The van der Waals surface area contributed by atoms with Crippen LogP contribution >= 0.6 is 0 Å². The number of anilines is 2. The zero-order valence-corrected chi connectivity index (χ0v) is 20.7. The summed E-state index contributed by atoms with van der Waals surface area (Å²) in [4.78, 5) is 22.9. The monoisotopic (exact) mass is 483 g/mol. The Bertz CT molecular complexity index is 1380. The topological polar surface area (TPSA) is 64.1 Å². The van der Waals surface area contributed by atoms with Gasteiger partial charge in [0.05, 0.1) is 43.8 Å². The van der Waals surface area contributed by atoms with E-state index in [1.54, 1.807) is 27.5 Å². The Kier molecular flexibility index (Phi) is 6.62. The van der Waals surface area contributed by atoms with Gasteiger partial charge in [0.15, 0.2) is 17.3 Å². The standard InChI is InChI=1S/C29H29N3O4/c1-34-25-12-8-7-11-24(25)31-13-15-32(16-14-31)28-21-17-26(35-2)27(36-3)18-23(21)30-19-22(28)29(33)20-9-5-4-6-10-20/h4-12,17-19H,13-16H2,1-3H3. The number of aromatic nitrogens is 1. The van der Waals surface area contributed by atoms with E-state index in [4.69, 9.17) is 14.2 Å². The number of piperazine rings is 1. The number of fused-ring (bicyclic) bond motifs is 1. The van der Waals surface area contributed by atoms with Gasteiger partial charge in [-0.2, -0.15) is 0 Å².